The lowest BCUT2D eigenvalue weighted by molar-refractivity contribution is -0.121. The lowest BCUT2D eigenvalue weighted by atomic mass is 10.2. The second-order valence-corrected chi connectivity index (χ2v) is 6.30. The molecule has 0 heterocycles. The van der Waals surface area contributed by atoms with Crippen LogP contribution in [0.4, 0.5) is 5.69 Å². The Kier molecular flexibility index (Phi) is 7.49. The van der Waals surface area contributed by atoms with Crippen LogP contribution in [0.2, 0.25) is 5.02 Å². The minimum atomic E-state index is -0.155. The zero-order valence-electron chi connectivity index (χ0n) is 15.6. The normalized spacial score (nSPS) is 10.2. The van der Waals surface area contributed by atoms with Crippen molar-refractivity contribution in [1.82, 2.24) is 5.32 Å². The summed E-state index contributed by atoms with van der Waals surface area (Å²) in [6.07, 6.45) is 0.180. The van der Waals surface area contributed by atoms with E-state index in [1.807, 2.05) is 12.1 Å². The van der Waals surface area contributed by atoms with Crippen LogP contribution in [0.25, 0.3) is 0 Å². The maximum atomic E-state index is 12.2. The number of anilines is 1. The van der Waals surface area contributed by atoms with Crippen LogP contribution in [0.5, 0.6) is 11.5 Å². The first kappa shape index (κ1) is 20.6. The molecule has 0 unspecified atom stereocenters. The van der Waals surface area contributed by atoms with Gasteiger partial charge in [0.15, 0.2) is 11.5 Å². The first-order valence-electron chi connectivity index (χ1n) is 8.46. The second kappa shape index (κ2) is 9.83. The Hall–Kier alpha value is -2.73. The molecule has 0 fully saturated rings. The van der Waals surface area contributed by atoms with E-state index in [1.54, 1.807) is 44.6 Å². The molecule has 0 spiro atoms. The van der Waals surface area contributed by atoms with E-state index in [0.29, 0.717) is 28.8 Å². The van der Waals surface area contributed by atoms with Gasteiger partial charge in [-0.2, -0.15) is 0 Å². The quantitative estimate of drug-likeness (QED) is 0.750. The molecule has 2 aromatic rings. The van der Waals surface area contributed by atoms with Crippen molar-refractivity contribution in [2.75, 3.05) is 25.7 Å². The number of carbonyl (C=O) groups is 2. The smallest absolute Gasteiger partial charge is 0.223 e. The third-order valence-electron chi connectivity index (χ3n) is 4.00. The van der Waals surface area contributed by atoms with Crippen molar-refractivity contribution in [2.24, 2.45) is 0 Å². The molecule has 27 heavy (non-hydrogen) atoms. The van der Waals surface area contributed by atoms with Gasteiger partial charge in [0.05, 0.1) is 14.2 Å². The van der Waals surface area contributed by atoms with Gasteiger partial charge in [-0.05, 0) is 35.9 Å². The fourth-order valence-corrected chi connectivity index (χ4v) is 2.79. The van der Waals surface area contributed by atoms with E-state index < -0.39 is 0 Å². The van der Waals surface area contributed by atoms with Crippen molar-refractivity contribution in [2.45, 2.75) is 19.9 Å². The van der Waals surface area contributed by atoms with Gasteiger partial charge >= 0.3 is 0 Å². The Balaban J connectivity index is 1.92. The van der Waals surface area contributed by atoms with Gasteiger partial charge in [0.25, 0.3) is 0 Å². The number of amides is 2. The molecular weight excluding hydrogens is 368 g/mol. The largest absolute Gasteiger partial charge is 0.493 e. The number of hydrogen-bond acceptors (Lipinski definition) is 4. The van der Waals surface area contributed by atoms with Gasteiger partial charge in [0.1, 0.15) is 0 Å². The maximum Gasteiger partial charge on any atom is 0.223 e. The number of benzene rings is 2. The first-order chi connectivity index (χ1) is 12.9. The van der Waals surface area contributed by atoms with Gasteiger partial charge in [-0.25, -0.2) is 0 Å². The molecule has 7 heteroatoms. The highest BCUT2D eigenvalue weighted by molar-refractivity contribution is 6.30. The van der Waals surface area contributed by atoms with Crippen molar-refractivity contribution in [3.63, 3.8) is 0 Å². The fourth-order valence-electron chi connectivity index (χ4n) is 2.61. The lowest BCUT2D eigenvalue weighted by Gasteiger charge is -2.21. The molecule has 0 saturated heterocycles. The molecule has 6 nitrogen and oxygen atoms in total. The number of rotatable bonds is 8. The topological polar surface area (TPSA) is 67.9 Å². The van der Waals surface area contributed by atoms with Crippen LogP contribution in [0, 0.1) is 0 Å². The molecule has 2 rings (SSSR count). The van der Waals surface area contributed by atoms with Crippen molar-refractivity contribution >= 4 is 29.1 Å². The van der Waals surface area contributed by atoms with E-state index >= 15 is 0 Å². The van der Waals surface area contributed by atoms with E-state index in [1.165, 1.54) is 11.8 Å². The average Bonchev–Trinajstić information content (AvgIpc) is 2.66. The van der Waals surface area contributed by atoms with Gasteiger partial charge < -0.3 is 19.7 Å². The maximum absolute atomic E-state index is 12.2. The molecule has 0 atom stereocenters. The molecule has 0 bridgehead atoms. The Morgan fingerprint density at radius 2 is 1.81 bits per heavy atom. The van der Waals surface area contributed by atoms with Gasteiger partial charge in [0, 0.05) is 37.1 Å². The number of ether oxygens (including phenoxy) is 2. The van der Waals surface area contributed by atoms with Crippen LogP contribution in [0.1, 0.15) is 18.9 Å². The van der Waals surface area contributed by atoms with Crippen LogP contribution in [-0.4, -0.2) is 32.6 Å². The third kappa shape index (κ3) is 5.89. The summed E-state index contributed by atoms with van der Waals surface area (Å²) >= 11 is 5.98. The zero-order chi connectivity index (χ0) is 19.8. The van der Waals surface area contributed by atoms with E-state index in [9.17, 15) is 9.59 Å². The molecule has 0 aromatic heterocycles. The first-order valence-corrected chi connectivity index (χ1v) is 8.83. The number of halogens is 1. The summed E-state index contributed by atoms with van der Waals surface area (Å²) in [4.78, 5) is 25.6. The molecule has 0 saturated carbocycles. The minimum Gasteiger partial charge on any atom is -0.493 e. The van der Waals surface area contributed by atoms with Crippen LogP contribution in [0.3, 0.4) is 0 Å². The van der Waals surface area contributed by atoms with E-state index in [2.05, 4.69) is 5.32 Å². The Bertz CT molecular complexity index is 810. The molecule has 2 amide bonds. The van der Waals surface area contributed by atoms with Crippen LogP contribution < -0.4 is 19.7 Å². The number of nitrogens with zero attached hydrogens (tertiary/aromatic N) is 1. The Labute approximate surface area is 164 Å². The number of carbonyl (C=O) groups excluding carboxylic acids is 2. The molecule has 2 aromatic carbocycles. The van der Waals surface area contributed by atoms with E-state index in [-0.39, 0.29) is 24.8 Å². The summed E-state index contributed by atoms with van der Waals surface area (Å²) in [7, 11) is 3.13. The number of nitrogens with one attached hydrogen (secondary N) is 1. The van der Waals surface area contributed by atoms with Crippen molar-refractivity contribution in [3.8, 4) is 11.5 Å². The number of hydrogen-bond donors (Lipinski definition) is 1. The molecule has 0 aliphatic carbocycles. The van der Waals surface area contributed by atoms with Crippen LogP contribution in [-0.2, 0) is 16.1 Å². The zero-order valence-corrected chi connectivity index (χ0v) is 16.4. The predicted octanol–water partition coefficient (Wildman–Crippen LogP) is 3.42. The summed E-state index contributed by atoms with van der Waals surface area (Å²) in [5.74, 6) is 0.933. The second-order valence-electron chi connectivity index (χ2n) is 5.87. The van der Waals surface area contributed by atoms with Crippen molar-refractivity contribution in [3.05, 3.63) is 53.1 Å². The summed E-state index contributed by atoms with van der Waals surface area (Å²) in [6, 6.07) is 12.4. The predicted molar refractivity (Wildman–Crippen MR) is 105 cm³/mol. The molecule has 144 valence electrons. The molecule has 0 aliphatic heterocycles. The highest BCUT2D eigenvalue weighted by atomic mass is 35.5. The van der Waals surface area contributed by atoms with E-state index in [4.69, 9.17) is 21.1 Å². The Morgan fingerprint density at radius 1 is 1.07 bits per heavy atom. The van der Waals surface area contributed by atoms with Gasteiger partial charge in [-0.3, -0.25) is 9.59 Å². The van der Waals surface area contributed by atoms with Crippen molar-refractivity contribution < 1.29 is 19.1 Å². The molecule has 0 aliphatic rings. The fraction of sp³-hybridized carbons (Fsp3) is 0.300. The van der Waals surface area contributed by atoms with Crippen LogP contribution in [0.15, 0.2) is 42.5 Å². The van der Waals surface area contributed by atoms with Gasteiger partial charge in [-0.15, -0.1) is 0 Å². The average molecular weight is 391 g/mol. The van der Waals surface area contributed by atoms with Crippen molar-refractivity contribution in [1.29, 1.82) is 0 Å². The standard InChI is InChI=1S/C20H23ClN2O4/c1-14(24)23(17-6-4-5-16(21)12-17)10-9-20(25)22-13-15-7-8-18(26-2)19(11-15)27-3/h4-8,11-12H,9-10,13H2,1-3H3,(H,22,25). The molecular formula is C20H23ClN2O4. The SMILES string of the molecule is COc1ccc(CNC(=O)CCN(C(C)=O)c2cccc(Cl)c2)cc1OC. The number of methoxy groups -OCH3 is 2. The Morgan fingerprint density at radius 3 is 2.44 bits per heavy atom. The highest BCUT2D eigenvalue weighted by Crippen LogP contribution is 2.27. The summed E-state index contributed by atoms with van der Waals surface area (Å²) in [5.41, 5.74) is 1.56. The molecule has 1 N–H and O–H groups in total. The minimum absolute atomic E-state index is 0.148. The third-order valence-corrected chi connectivity index (χ3v) is 4.24. The van der Waals surface area contributed by atoms with Gasteiger partial charge in [0.2, 0.25) is 11.8 Å². The summed E-state index contributed by atoms with van der Waals surface area (Å²) in [5, 5.41) is 3.38. The van der Waals surface area contributed by atoms with Gasteiger partial charge in [-0.1, -0.05) is 23.7 Å². The van der Waals surface area contributed by atoms with E-state index in [0.717, 1.165) is 5.56 Å². The highest BCUT2D eigenvalue weighted by Gasteiger charge is 2.14. The lowest BCUT2D eigenvalue weighted by Crippen LogP contribution is -2.33. The summed E-state index contributed by atoms with van der Waals surface area (Å²) < 4.78 is 10.5. The monoisotopic (exact) mass is 390 g/mol. The molecule has 0 radical (unpaired) electrons. The summed E-state index contributed by atoms with van der Waals surface area (Å²) in [6.45, 7) is 2.09. The van der Waals surface area contributed by atoms with Crippen LogP contribution >= 0.6 is 11.6 Å².